The maximum Gasteiger partial charge on any atom is 0.173 e. The number of Topliss-reactive ketones (excluding diaryl/α,β-unsaturated/α-hetero) is 1. The third kappa shape index (κ3) is 4.14. The summed E-state index contributed by atoms with van der Waals surface area (Å²) in [4.78, 5) is 13.1. The molecule has 0 aliphatic carbocycles. The largest absolute Gasteiger partial charge is 0.493 e. The molecule has 2 aromatic rings. The number of ether oxygens (including phenoxy) is 2. The van der Waals surface area contributed by atoms with Gasteiger partial charge in [-0.15, -0.1) is 11.8 Å². The molecule has 5 heteroatoms. The summed E-state index contributed by atoms with van der Waals surface area (Å²) in [6.07, 6.45) is 0. The Hall–Kier alpha value is -1.21. The molecule has 0 bridgehead atoms. The minimum absolute atomic E-state index is 0.117. The molecule has 2 rings (SSSR count). The zero-order valence-corrected chi connectivity index (χ0v) is 14.7. The molecule has 21 heavy (non-hydrogen) atoms. The fourth-order valence-electron chi connectivity index (χ4n) is 1.80. The molecule has 0 unspecified atom stereocenters. The first-order valence-electron chi connectivity index (χ1n) is 6.28. The Labute approximate surface area is 142 Å². The van der Waals surface area contributed by atoms with E-state index < -0.39 is 0 Å². The zero-order valence-electron chi connectivity index (χ0n) is 11.8. The van der Waals surface area contributed by atoms with Gasteiger partial charge >= 0.3 is 0 Å². The first kappa shape index (κ1) is 16.2. The van der Waals surface area contributed by atoms with Crippen molar-refractivity contribution in [1.82, 2.24) is 0 Å². The van der Waals surface area contributed by atoms with Crippen LogP contribution in [0.25, 0.3) is 0 Å². The second kappa shape index (κ2) is 7.70. The van der Waals surface area contributed by atoms with E-state index in [1.165, 1.54) is 11.8 Å². The minimum atomic E-state index is 0.117. The normalized spacial score (nSPS) is 10.2. The first-order valence-corrected chi connectivity index (χ1v) is 8.34. The van der Waals surface area contributed by atoms with Crippen LogP contribution in [0.3, 0.4) is 0 Å². The Kier molecular flexibility index (Phi) is 5.93. The van der Waals surface area contributed by atoms with E-state index in [-0.39, 0.29) is 5.78 Å². The summed E-state index contributed by atoms with van der Waals surface area (Å²) in [5, 5.41) is 0. The van der Waals surface area contributed by atoms with Crippen LogP contribution in [0, 0.1) is 3.57 Å². The van der Waals surface area contributed by atoms with Crippen molar-refractivity contribution >= 4 is 40.1 Å². The molecule has 0 heterocycles. The van der Waals surface area contributed by atoms with Crippen LogP contribution in [-0.4, -0.2) is 25.8 Å². The molecule has 0 spiro atoms. The average molecular weight is 414 g/mol. The highest BCUT2D eigenvalue weighted by molar-refractivity contribution is 14.1. The fourth-order valence-corrected chi connectivity index (χ4v) is 3.54. The molecule has 0 fully saturated rings. The van der Waals surface area contributed by atoms with Gasteiger partial charge in [0.1, 0.15) is 0 Å². The summed E-state index contributed by atoms with van der Waals surface area (Å²) in [5.74, 6) is 1.88. The van der Waals surface area contributed by atoms with Gasteiger partial charge in [0.05, 0.1) is 20.0 Å². The Morgan fingerprint density at radius 1 is 1.10 bits per heavy atom. The maximum atomic E-state index is 12.1. The average Bonchev–Trinajstić information content (AvgIpc) is 2.53. The highest BCUT2D eigenvalue weighted by Crippen LogP contribution is 2.36. The van der Waals surface area contributed by atoms with Gasteiger partial charge in [-0.1, -0.05) is 30.3 Å². The quantitative estimate of drug-likeness (QED) is 0.402. The van der Waals surface area contributed by atoms with Gasteiger partial charge in [-0.2, -0.15) is 0 Å². The number of benzene rings is 2. The van der Waals surface area contributed by atoms with Crippen molar-refractivity contribution < 1.29 is 14.3 Å². The molecule has 0 N–H and O–H groups in total. The van der Waals surface area contributed by atoms with Gasteiger partial charge in [0.15, 0.2) is 17.3 Å². The highest BCUT2D eigenvalue weighted by atomic mass is 127. The number of rotatable bonds is 6. The van der Waals surface area contributed by atoms with Gasteiger partial charge in [0.2, 0.25) is 0 Å². The fraction of sp³-hybridized carbons (Fsp3) is 0.188. The van der Waals surface area contributed by atoms with E-state index in [0.717, 1.165) is 14.0 Å². The molecule has 0 saturated heterocycles. The predicted octanol–water partition coefficient (Wildman–Crippen LogP) is 4.28. The van der Waals surface area contributed by atoms with Crippen LogP contribution >= 0.6 is 34.4 Å². The Balaban J connectivity index is 2.11. The highest BCUT2D eigenvalue weighted by Gasteiger charge is 2.12. The van der Waals surface area contributed by atoms with Crippen molar-refractivity contribution in [3.8, 4) is 11.5 Å². The summed E-state index contributed by atoms with van der Waals surface area (Å²) < 4.78 is 11.6. The van der Waals surface area contributed by atoms with E-state index in [0.29, 0.717) is 17.3 Å². The van der Waals surface area contributed by atoms with Crippen molar-refractivity contribution in [1.29, 1.82) is 0 Å². The van der Waals surface area contributed by atoms with Gasteiger partial charge in [-0.05, 0) is 34.7 Å². The van der Waals surface area contributed by atoms with E-state index in [9.17, 15) is 4.79 Å². The molecular formula is C16H15IO3S. The molecule has 0 amide bonds. The van der Waals surface area contributed by atoms with Crippen LogP contribution in [0.2, 0.25) is 0 Å². The second-order valence-corrected chi connectivity index (χ2v) is 6.39. The standard InChI is InChI=1S/C16H15IO3S/c1-19-14-8-12(17)16(9-15(14)20-2)21-10-13(18)11-6-4-3-5-7-11/h3-9H,10H2,1-2H3. The van der Waals surface area contributed by atoms with Gasteiger partial charge in [0.25, 0.3) is 0 Å². The Bertz CT molecular complexity index is 629. The summed E-state index contributed by atoms with van der Waals surface area (Å²) in [6, 6.07) is 13.1. The van der Waals surface area contributed by atoms with Crippen molar-refractivity contribution in [2.75, 3.05) is 20.0 Å². The lowest BCUT2D eigenvalue weighted by atomic mass is 10.2. The van der Waals surface area contributed by atoms with Crippen LogP contribution in [0.15, 0.2) is 47.4 Å². The first-order chi connectivity index (χ1) is 10.2. The Morgan fingerprint density at radius 2 is 1.71 bits per heavy atom. The number of halogens is 1. The number of ketones is 1. The van der Waals surface area contributed by atoms with Crippen LogP contribution in [0.5, 0.6) is 11.5 Å². The summed E-state index contributed by atoms with van der Waals surface area (Å²) >= 11 is 3.74. The second-order valence-electron chi connectivity index (χ2n) is 4.22. The van der Waals surface area contributed by atoms with Crippen LogP contribution in [0.1, 0.15) is 10.4 Å². The topological polar surface area (TPSA) is 35.5 Å². The van der Waals surface area contributed by atoms with Crippen molar-refractivity contribution in [3.63, 3.8) is 0 Å². The number of hydrogen-bond donors (Lipinski definition) is 0. The van der Waals surface area contributed by atoms with Crippen LogP contribution in [-0.2, 0) is 0 Å². The third-order valence-corrected chi connectivity index (χ3v) is 5.21. The molecule has 0 saturated carbocycles. The molecule has 0 aliphatic rings. The molecule has 0 atom stereocenters. The lowest BCUT2D eigenvalue weighted by molar-refractivity contribution is 0.102. The van der Waals surface area contributed by atoms with Gasteiger partial charge < -0.3 is 9.47 Å². The van der Waals surface area contributed by atoms with Crippen molar-refractivity contribution in [2.24, 2.45) is 0 Å². The number of thioether (sulfide) groups is 1. The van der Waals surface area contributed by atoms with E-state index in [1.807, 2.05) is 42.5 Å². The van der Waals surface area contributed by atoms with E-state index in [4.69, 9.17) is 9.47 Å². The molecule has 0 radical (unpaired) electrons. The summed E-state index contributed by atoms with van der Waals surface area (Å²) in [5.41, 5.74) is 0.737. The number of carbonyl (C=O) groups excluding carboxylic acids is 1. The smallest absolute Gasteiger partial charge is 0.173 e. The molecule has 3 nitrogen and oxygen atoms in total. The van der Waals surface area contributed by atoms with E-state index in [2.05, 4.69) is 22.6 Å². The van der Waals surface area contributed by atoms with Gasteiger partial charge in [-0.3, -0.25) is 4.79 Å². The molecule has 0 aliphatic heterocycles. The maximum absolute atomic E-state index is 12.1. The lowest BCUT2D eigenvalue weighted by Gasteiger charge is -2.11. The van der Waals surface area contributed by atoms with Crippen molar-refractivity contribution in [3.05, 3.63) is 51.6 Å². The minimum Gasteiger partial charge on any atom is -0.493 e. The van der Waals surface area contributed by atoms with Crippen molar-refractivity contribution in [2.45, 2.75) is 4.90 Å². The monoisotopic (exact) mass is 414 g/mol. The number of carbonyl (C=O) groups is 1. The Morgan fingerprint density at radius 3 is 2.33 bits per heavy atom. The molecular weight excluding hydrogens is 399 g/mol. The third-order valence-electron chi connectivity index (χ3n) is 2.89. The lowest BCUT2D eigenvalue weighted by Crippen LogP contribution is -2.02. The summed E-state index contributed by atoms with van der Waals surface area (Å²) in [6.45, 7) is 0. The van der Waals surface area contributed by atoms with Crippen LogP contribution in [0.4, 0.5) is 0 Å². The number of methoxy groups -OCH3 is 2. The SMILES string of the molecule is COc1cc(I)c(SCC(=O)c2ccccc2)cc1OC. The van der Waals surface area contributed by atoms with E-state index in [1.54, 1.807) is 14.2 Å². The van der Waals surface area contributed by atoms with Gasteiger partial charge in [-0.25, -0.2) is 0 Å². The molecule has 0 aromatic heterocycles. The van der Waals surface area contributed by atoms with Gasteiger partial charge in [0, 0.05) is 14.0 Å². The van der Waals surface area contributed by atoms with E-state index >= 15 is 0 Å². The molecule has 110 valence electrons. The number of hydrogen-bond acceptors (Lipinski definition) is 4. The predicted molar refractivity (Wildman–Crippen MR) is 93.8 cm³/mol. The van der Waals surface area contributed by atoms with Crippen LogP contribution < -0.4 is 9.47 Å². The zero-order chi connectivity index (χ0) is 15.2. The summed E-state index contributed by atoms with van der Waals surface area (Å²) in [7, 11) is 3.22. The molecule has 2 aromatic carbocycles.